The van der Waals surface area contributed by atoms with Crippen LogP contribution in [0.5, 0.6) is 0 Å². The normalized spacial score (nSPS) is 20.3. The van der Waals surface area contributed by atoms with Crippen molar-refractivity contribution in [3.63, 3.8) is 0 Å². The molecule has 0 aromatic carbocycles. The number of hydrogen-bond acceptors (Lipinski definition) is 5. The topological polar surface area (TPSA) is 92.9 Å². The quantitative estimate of drug-likeness (QED) is 0.620. The maximum Gasteiger partial charge on any atom is 0.305 e. The Morgan fingerprint density at radius 1 is 1.53 bits per heavy atom. The van der Waals surface area contributed by atoms with Crippen LogP contribution in [0.4, 0.5) is 0 Å². The Hall–Kier alpha value is -0.790. The van der Waals surface area contributed by atoms with E-state index >= 15 is 0 Å². The van der Waals surface area contributed by atoms with Gasteiger partial charge in [0.1, 0.15) is 6.61 Å². The van der Waals surface area contributed by atoms with Gasteiger partial charge in [0.05, 0.1) is 19.1 Å². The molecule has 1 aliphatic heterocycles. The Bertz CT molecular complexity index is 275. The zero-order valence-corrected chi connectivity index (χ0v) is 10.4. The molecule has 0 radical (unpaired) electrons. The third-order valence-corrected chi connectivity index (χ3v) is 3.54. The molecule has 6 nitrogen and oxygen atoms in total. The Morgan fingerprint density at radius 3 is 2.94 bits per heavy atom. The van der Waals surface area contributed by atoms with Crippen LogP contribution >= 0.6 is 11.8 Å². The fourth-order valence-electron chi connectivity index (χ4n) is 1.68. The van der Waals surface area contributed by atoms with E-state index in [2.05, 4.69) is 0 Å². The van der Waals surface area contributed by atoms with Crippen LogP contribution in [-0.4, -0.2) is 65.7 Å². The molecule has 1 fully saturated rings. The van der Waals surface area contributed by atoms with Crippen LogP contribution in [0.25, 0.3) is 0 Å². The molecule has 0 aliphatic carbocycles. The minimum atomic E-state index is -0.877. The van der Waals surface area contributed by atoms with Crippen LogP contribution in [0.15, 0.2) is 0 Å². The van der Waals surface area contributed by atoms with Crippen LogP contribution in [0.3, 0.4) is 0 Å². The lowest BCUT2D eigenvalue weighted by Gasteiger charge is -2.34. The number of nitrogens with two attached hydrogens (primary N) is 1. The van der Waals surface area contributed by atoms with Crippen LogP contribution in [-0.2, 0) is 14.3 Å². The second kappa shape index (κ2) is 7.52. The third-order valence-electron chi connectivity index (χ3n) is 2.45. The smallest absolute Gasteiger partial charge is 0.305 e. The van der Waals surface area contributed by atoms with Gasteiger partial charge in [0.2, 0.25) is 5.91 Å². The molecule has 0 spiro atoms. The van der Waals surface area contributed by atoms with Gasteiger partial charge in [-0.05, 0) is 0 Å². The summed E-state index contributed by atoms with van der Waals surface area (Å²) < 4.78 is 5.08. The SMILES string of the molecule is NCCOCC(=O)N1CCSCC1CC(=O)O. The van der Waals surface area contributed by atoms with E-state index in [1.165, 1.54) is 0 Å². The number of rotatable bonds is 6. The van der Waals surface area contributed by atoms with Gasteiger partial charge in [-0.2, -0.15) is 11.8 Å². The number of carbonyl (C=O) groups excluding carboxylic acids is 1. The van der Waals surface area contributed by atoms with Gasteiger partial charge in [-0.15, -0.1) is 0 Å². The molecule has 1 aliphatic rings. The molecule has 0 bridgehead atoms. The minimum absolute atomic E-state index is 0.00434. The minimum Gasteiger partial charge on any atom is -0.481 e. The summed E-state index contributed by atoms with van der Waals surface area (Å²) in [5.74, 6) is 0.497. The molecule has 0 aromatic rings. The van der Waals surface area contributed by atoms with E-state index in [0.29, 0.717) is 25.4 Å². The second-order valence-corrected chi connectivity index (χ2v) is 4.90. The van der Waals surface area contributed by atoms with Crippen molar-refractivity contribution in [2.45, 2.75) is 12.5 Å². The van der Waals surface area contributed by atoms with Crippen molar-refractivity contribution in [3.8, 4) is 0 Å². The summed E-state index contributed by atoms with van der Waals surface area (Å²) in [5, 5.41) is 8.78. The molecule has 3 N–H and O–H groups in total. The summed E-state index contributed by atoms with van der Waals surface area (Å²) in [6, 6.07) is -0.222. The number of carboxylic acids is 1. The number of aliphatic carboxylic acids is 1. The molecule has 1 unspecified atom stereocenters. The van der Waals surface area contributed by atoms with Gasteiger partial charge in [-0.3, -0.25) is 9.59 Å². The lowest BCUT2D eigenvalue weighted by Crippen LogP contribution is -2.48. The number of carboxylic acid groups (broad SMARTS) is 1. The number of nitrogens with zero attached hydrogens (tertiary/aromatic N) is 1. The number of ether oxygens (including phenoxy) is 1. The number of thioether (sulfide) groups is 1. The Balaban J connectivity index is 2.45. The first-order valence-corrected chi connectivity index (χ1v) is 6.67. The Morgan fingerprint density at radius 2 is 2.29 bits per heavy atom. The van der Waals surface area contributed by atoms with Crippen molar-refractivity contribution >= 4 is 23.6 Å². The highest BCUT2D eigenvalue weighted by Gasteiger charge is 2.28. The molecule has 98 valence electrons. The van der Waals surface area contributed by atoms with E-state index in [9.17, 15) is 9.59 Å². The van der Waals surface area contributed by atoms with E-state index in [4.69, 9.17) is 15.6 Å². The van der Waals surface area contributed by atoms with Gasteiger partial charge in [0.25, 0.3) is 0 Å². The van der Waals surface area contributed by atoms with Crippen molar-refractivity contribution in [1.82, 2.24) is 4.90 Å². The average Bonchev–Trinajstić information content (AvgIpc) is 2.29. The first-order chi connectivity index (χ1) is 8.15. The van der Waals surface area contributed by atoms with Gasteiger partial charge in [-0.25, -0.2) is 0 Å². The summed E-state index contributed by atoms with van der Waals surface area (Å²) in [6.45, 7) is 1.30. The molecular weight excluding hydrogens is 244 g/mol. The predicted octanol–water partition coefficient (Wildman–Crippen LogP) is -0.620. The van der Waals surface area contributed by atoms with Gasteiger partial charge in [0.15, 0.2) is 0 Å². The largest absolute Gasteiger partial charge is 0.481 e. The first kappa shape index (κ1) is 14.3. The Kier molecular flexibility index (Phi) is 6.31. The predicted molar refractivity (Wildman–Crippen MR) is 65.0 cm³/mol. The molecule has 0 aromatic heterocycles. The maximum absolute atomic E-state index is 11.8. The molecule has 1 amide bonds. The zero-order chi connectivity index (χ0) is 12.7. The molecule has 1 atom stereocenters. The van der Waals surface area contributed by atoms with Crippen LogP contribution < -0.4 is 5.73 Å². The highest BCUT2D eigenvalue weighted by Crippen LogP contribution is 2.19. The molecule has 7 heteroatoms. The maximum atomic E-state index is 11.8. The van der Waals surface area contributed by atoms with Crippen LogP contribution in [0.2, 0.25) is 0 Å². The zero-order valence-electron chi connectivity index (χ0n) is 9.63. The van der Waals surface area contributed by atoms with E-state index in [-0.39, 0.29) is 25.0 Å². The van der Waals surface area contributed by atoms with E-state index in [0.717, 1.165) is 5.75 Å². The van der Waals surface area contributed by atoms with E-state index in [1.807, 2.05) is 0 Å². The highest BCUT2D eigenvalue weighted by atomic mass is 32.2. The lowest BCUT2D eigenvalue weighted by atomic mass is 10.2. The van der Waals surface area contributed by atoms with Gasteiger partial charge in [0, 0.05) is 24.6 Å². The van der Waals surface area contributed by atoms with Gasteiger partial charge in [-0.1, -0.05) is 0 Å². The second-order valence-electron chi connectivity index (χ2n) is 3.75. The number of carbonyl (C=O) groups is 2. The summed E-state index contributed by atoms with van der Waals surface area (Å²) in [5.41, 5.74) is 5.26. The van der Waals surface area contributed by atoms with E-state index in [1.54, 1.807) is 16.7 Å². The van der Waals surface area contributed by atoms with Gasteiger partial charge >= 0.3 is 5.97 Å². The number of hydrogen-bond donors (Lipinski definition) is 2. The van der Waals surface area contributed by atoms with Crippen molar-refractivity contribution in [3.05, 3.63) is 0 Å². The standard InChI is InChI=1S/C10H18N2O4S/c11-1-3-16-6-9(13)12-2-4-17-7-8(12)5-10(14)15/h8H,1-7,11H2,(H,14,15). The monoisotopic (exact) mass is 262 g/mol. The molecular formula is C10H18N2O4S. The van der Waals surface area contributed by atoms with Crippen LogP contribution in [0.1, 0.15) is 6.42 Å². The average molecular weight is 262 g/mol. The Labute approximate surface area is 104 Å². The molecule has 0 saturated carbocycles. The summed E-state index contributed by atoms with van der Waals surface area (Å²) in [4.78, 5) is 24.1. The fraction of sp³-hybridized carbons (Fsp3) is 0.800. The lowest BCUT2D eigenvalue weighted by molar-refractivity contribution is -0.142. The number of amides is 1. The molecule has 1 heterocycles. The van der Waals surface area contributed by atoms with Crippen molar-refractivity contribution in [2.75, 3.05) is 37.8 Å². The van der Waals surface area contributed by atoms with Gasteiger partial charge < -0.3 is 20.5 Å². The highest BCUT2D eigenvalue weighted by molar-refractivity contribution is 7.99. The molecule has 1 rings (SSSR count). The van der Waals surface area contributed by atoms with Crippen LogP contribution in [0, 0.1) is 0 Å². The summed E-state index contributed by atoms with van der Waals surface area (Å²) in [6.07, 6.45) is -0.00434. The van der Waals surface area contributed by atoms with E-state index < -0.39 is 5.97 Å². The van der Waals surface area contributed by atoms with Crippen molar-refractivity contribution < 1.29 is 19.4 Å². The van der Waals surface area contributed by atoms with Crippen molar-refractivity contribution in [1.29, 1.82) is 0 Å². The molecule has 1 saturated heterocycles. The van der Waals surface area contributed by atoms with Crippen molar-refractivity contribution in [2.24, 2.45) is 5.73 Å². The third kappa shape index (κ3) is 4.93. The summed E-state index contributed by atoms with van der Waals surface area (Å²) >= 11 is 1.68. The molecule has 17 heavy (non-hydrogen) atoms. The first-order valence-electron chi connectivity index (χ1n) is 5.52. The fourth-order valence-corrected chi connectivity index (χ4v) is 2.74. The summed E-state index contributed by atoms with van der Waals surface area (Å²) in [7, 11) is 0.